The minimum Gasteiger partial charge on any atom is -0.314 e. The zero-order chi connectivity index (χ0) is 9.80. The maximum Gasteiger partial charge on any atom is 0.124 e. The third-order valence-corrected chi connectivity index (χ3v) is 3.19. The molecular formula is C10H13FN2S. The van der Waals surface area contributed by atoms with Gasteiger partial charge in [0.25, 0.3) is 0 Å². The van der Waals surface area contributed by atoms with Crippen LogP contribution in [0.2, 0.25) is 0 Å². The summed E-state index contributed by atoms with van der Waals surface area (Å²) in [7, 11) is 0. The molecule has 1 saturated heterocycles. The summed E-state index contributed by atoms with van der Waals surface area (Å²) in [6.07, 6.45) is 0. The molecule has 0 spiro atoms. The Bertz CT molecular complexity index is 300. The van der Waals surface area contributed by atoms with Crippen LogP contribution >= 0.6 is 11.9 Å². The molecule has 1 aliphatic heterocycles. The molecule has 1 aromatic rings. The van der Waals surface area contributed by atoms with Crippen LogP contribution in [0.5, 0.6) is 0 Å². The minimum absolute atomic E-state index is 0.162. The van der Waals surface area contributed by atoms with E-state index in [0.29, 0.717) is 0 Å². The average Bonchev–Trinajstić information content (AvgIpc) is 2.19. The van der Waals surface area contributed by atoms with Crippen LogP contribution in [-0.4, -0.2) is 30.5 Å². The van der Waals surface area contributed by atoms with Crippen molar-refractivity contribution >= 4 is 11.9 Å². The fraction of sp³-hybridized carbons (Fsp3) is 0.400. The molecule has 4 heteroatoms. The number of benzene rings is 1. The Kier molecular flexibility index (Phi) is 3.39. The lowest BCUT2D eigenvalue weighted by Crippen LogP contribution is -2.39. The van der Waals surface area contributed by atoms with Gasteiger partial charge in [0.05, 0.1) is 0 Å². The Balaban J connectivity index is 1.95. The summed E-state index contributed by atoms with van der Waals surface area (Å²) in [6, 6.07) is 6.74. The van der Waals surface area contributed by atoms with Gasteiger partial charge in [-0.15, -0.1) is 0 Å². The molecule has 0 saturated carbocycles. The predicted octanol–water partition coefficient (Wildman–Crippen LogP) is 1.74. The fourth-order valence-electron chi connectivity index (χ4n) is 1.41. The Hall–Kier alpha value is -0.580. The molecule has 14 heavy (non-hydrogen) atoms. The molecule has 1 aliphatic rings. The lowest BCUT2D eigenvalue weighted by molar-refractivity contribution is 0.396. The highest BCUT2D eigenvalue weighted by molar-refractivity contribution is 7.97. The number of piperazine rings is 1. The SMILES string of the molecule is Fc1cccc(SN2CCNCC2)c1. The summed E-state index contributed by atoms with van der Waals surface area (Å²) in [4.78, 5) is 0.979. The van der Waals surface area contributed by atoms with Crippen molar-refractivity contribution in [3.05, 3.63) is 30.1 Å². The van der Waals surface area contributed by atoms with E-state index < -0.39 is 0 Å². The lowest BCUT2D eigenvalue weighted by atomic mass is 10.4. The van der Waals surface area contributed by atoms with E-state index in [1.807, 2.05) is 6.07 Å². The number of rotatable bonds is 2. The quantitative estimate of drug-likeness (QED) is 0.752. The van der Waals surface area contributed by atoms with Gasteiger partial charge in [0.15, 0.2) is 0 Å². The van der Waals surface area contributed by atoms with Gasteiger partial charge in [0, 0.05) is 31.1 Å². The second-order valence-corrected chi connectivity index (χ2v) is 4.40. The van der Waals surface area contributed by atoms with Gasteiger partial charge in [0.1, 0.15) is 5.82 Å². The van der Waals surface area contributed by atoms with Crippen LogP contribution in [0.15, 0.2) is 29.2 Å². The molecule has 0 aromatic heterocycles. The van der Waals surface area contributed by atoms with Crippen molar-refractivity contribution in [2.75, 3.05) is 26.2 Å². The van der Waals surface area contributed by atoms with E-state index in [4.69, 9.17) is 0 Å². The van der Waals surface area contributed by atoms with E-state index in [2.05, 4.69) is 9.62 Å². The third-order valence-electron chi connectivity index (χ3n) is 2.11. The topological polar surface area (TPSA) is 15.3 Å². The summed E-state index contributed by atoms with van der Waals surface area (Å²) < 4.78 is 15.1. The molecule has 0 bridgehead atoms. The zero-order valence-electron chi connectivity index (χ0n) is 7.87. The zero-order valence-corrected chi connectivity index (χ0v) is 8.69. The van der Waals surface area contributed by atoms with E-state index in [1.165, 1.54) is 6.07 Å². The largest absolute Gasteiger partial charge is 0.314 e. The minimum atomic E-state index is -0.162. The number of hydrogen-bond acceptors (Lipinski definition) is 3. The van der Waals surface area contributed by atoms with Crippen LogP contribution in [0.1, 0.15) is 0 Å². The van der Waals surface area contributed by atoms with Crippen molar-refractivity contribution in [2.45, 2.75) is 4.90 Å². The monoisotopic (exact) mass is 212 g/mol. The summed E-state index contributed by atoms with van der Waals surface area (Å²) in [6.45, 7) is 4.06. The maximum atomic E-state index is 12.9. The molecule has 0 atom stereocenters. The molecule has 0 amide bonds. The van der Waals surface area contributed by atoms with Crippen LogP contribution in [0, 0.1) is 5.82 Å². The summed E-state index contributed by atoms with van der Waals surface area (Å²) in [5.41, 5.74) is 0. The van der Waals surface area contributed by atoms with E-state index in [0.717, 1.165) is 31.1 Å². The van der Waals surface area contributed by atoms with Gasteiger partial charge < -0.3 is 5.32 Å². The van der Waals surface area contributed by atoms with E-state index in [9.17, 15) is 4.39 Å². The molecule has 1 fully saturated rings. The van der Waals surface area contributed by atoms with Crippen molar-refractivity contribution in [3.63, 3.8) is 0 Å². The first-order valence-electron chi connectivity index (χ1n) is 4.74. The first-order chi connectivity index (χ1) is 6.84. The van der Waals surface area contributed by atoms with E-state index >= 15 is 0 Å². The molecule has 1 heterocycles. The maximum absolute atomic E-state index is 12.9. The van der Waals surface area contributed by atoms with Crippen LogP contribution < -0.4 is 5.32 Å². The average molecular weight is 212 g/mol. The van der Waals surface area contributed by atoms with Crippen molar-refractivity contribution in [1.29, 1.82) is 0 Å². The normalized spacial score (nSPS) is 18.4. The molecule has 2 rings (SSSR count). The van der Waals surface area contributed by atoms with Gasteiger partial charge in [-0.25, -0.2) is 8.70 Å². The van der Waals surface area contributed by atoms with Crippen LogP contribution in [0.4, 0.5) is 4.39 Å². The van der Waals surface area contributed by atoms with Crippen LogP contribution in [0.3, 0.4) is 0 Å². The fourth-order valence-corrected chi connectivity index (χ4v) is 2.38. The summed E-state index contributed by atoms with van der Waals surface area (Å²) in [5, 5.41) is 3.28. The van der Waals surface area contributed by atoms with E-state index in [1.54, 1.807) is 24.1 Å². The number of nitrogens with one attached hydrogen (secondary N) is 1. The van der Waals surface area contributed by atoms with Gasteiger partial charge in [-0.1, -0.05) is 6.07 Å². The first kappa shape index (κ1) is 9.96. The van der Waals surface area contributed by atoms with Crippen molar-refractivity contribution in [1.82, 2.24) is 9.62 Å². The Labute approximate surface area is 87.6 Å². The van der Waals surface area contributed by atoms with E-state index in [-0.39, 0.29) is 5.82 Å². The molecule has 1 N–H and O–H groups in total. The second-order valence-electron chi connectivity index (χ2n) is 3.23. The molecule has 0 radical (unpaired) electrons. The van der Waals surface area contributed by atoms with Crippen LogP contribution in [0.25, 0.3) is 0 Å². The summed E-state index contributed by atoms with van der Waals surface area (Å²) >= 11 is 1.63. The van der Waals surface area contributed by atoms with Gasteiger partial charge in [0.2, 0.25) is 0 Å². The van der Waals surface area contributed by atoms with Crippen molar-refractivity contribution in [2.24, 2.45) is 0 Å². The van der Waals surface area contributed by atoms with Gasteiger partial charge >= 0.3 is 0 Å². The predicted molar refractivity (Wildman–Crippen MR) is 56.7 cm³/mol. The molecule has 1 aromatic carbocycles. The van der Waals surface area contributed by atoms with Gasteiger partial charge in [-0.2, -0.15) is 0 Å². The molecule has 76 valence electrons. The standard InChI is InChI=1S/C10H13FN2S/c11-9-2-1-3-10(8-9)14-13-6-4-12-5-7-13/h1-3,8,12H,4-7H2. The Morgan fingerprint density at radius 2 is 2.07 bits per heavy atom. The Morgan fingerprint density at radius 1 is 1.29 bits per heavy atom. The second kappa shape index (κ2) is 4.77. The highest BCUT2D eigenvalue weighted by Crippen LogP contribution is 2.22. The number of nitrogens with zero attached hydrogens (tertiary/aromatic N) is 1. The molecular weight excluding hydrogens is 199 g/mol. The number of halogens is 1. The molecule has 0 unspecified atom stereocenters. The van der Waals surface area contributed by atoms with Crippen molar-refractivity contribution in [3.8, 4) is 0 Å². The van der Waals surface area contributed by atoms with Crippen LogP contribution in [-0.2, 0) is 0 Å². The van der Waals surface area contributed by atoms with Gasteiger partial charge in [-0.3, -0.25) is 0 Å². The molecule has 0 aliphatic carbocycles. The Morgan fingerprint density at radius 3 is 2.79 bits per heavy atom. The number of hydrogen-bond donors (Lipinski definition) is 1. The lowest BCUT2D eigenvalue weighted by Gasteiger charge is -2.25. The smallest absolute Gasteiger partial charge is 0.124 e. The highest BCUT2D eigenvalue weighted by atomic mass is 32.2. The molecule has 2 nitrogen and oxygen atoms in total. The summed E-state index contributed by atoms with van der Waals surface area (Å²) in [5.74, 6) is -0.162. The highest BCUT2D eigenvalue weighted by Gasteiger charge is 2.10. The third kappa shape index (κ3) is 2.70. The van der Waals surface area contributed by atoms with Crippen molar-refractivity contribution < 1.29 is 4.39 Å². The van der Waals surface area contributed by atoms with Gasteiger partial charge in [-0.05, 0) is 30.1 Å². The first-order valence-corrected chi connectivity index (χ1v) is 5.51.